The molecule has 184 valence electrons. The van der Waals surface area contributed by atoms with Crippen LogP contribution in [0.3, 0.4) is 0 Å². The largest absolute Gasteiger partial charge is 0.480 e. The fourth-order valence-corrected chi connectivity index (χ4v) is 2.71. The first-order chi connectivity index (χ1) is 14.8. The highest BCUT2D eigenvalue weighted by Gasteiger charge is 2.33. The van der Waals surface area contributed by atoms with Crippen LogP contribution in [-0.4, -0.2) is 82.4 Å². The third-order valence-corrected chi connectivity index (χ3v) is 4.80. The van der Waals surface area contributed by atoms with E-state index in [0.29, 0.717) is 0 Å². The van der Waals surface area contributed by atoms with Crippen molar-refractivity contribution in [2.75, 3.05) is 12.3 Å². The Kier molecular flexibility index (Phi) is 13.3. The minimum atomic E-state index is -1.46. The number of aliphatic imine (C=N–C) groups is 1. The summed E-state index contributed by atoms with van der Waals surface area (Å²) < 4.78 is 0. The van der Waals surface area contributed by atoms with Crippen LogP contribution in [-0.2, 0) is 19.2 Å². The summed E-state index contributed by atoms with van der Waals surface area (Å²) in [5, 5.41) is 26.5. The van der Waals surface area contributed by atoms with Gasteiger partial charge in [-0.1, -0.05) is 13.8 Å². The van der Waals surface area contributed by atoms with Crippen LogP contribution in [0.25, 0.3) is 0 Å². The van der Waals surface area contributed by atoms with Crippen molar-refractivity contribution in [2.45, 2.75) is 63.9 Å². The average molecular weight is 478 g/mol. The number of thiol groups is 1. The Morgan fingerprint density at radius 1 is 0.969 bits per heavy atom. The van der Waals surface area contributed by atoms with Gasteiger partial charge < -0.3 is 43.4 Å². The van der Waals surface area contributed by atoms with Gasteiger partial charge in [0, 0.05) is 12.3 Å². The van der Waals surface area contributed by atoms with Gasteiger partial charge in [-0.25, -0.2) is 4.79 Å². The first kappa shape index (κ1) is 29.4. The number of carboxylic acid groups (broad SMARTS) is 1. The summed E-state index contributed by atoms with van der Waals surface area (Å²) in [7, 11) is 0. The van der Waals surface area contributed by atoms with Crippen molar-refractivity contribution in [2.24, 2.45) is 28.1 Å². The van der Waals surface area contributed by atoms with Gasteiger partial charge in [0.1, 0.15) is 18.1 Å². The molecule has 0 aromatic carbocycles. The molecule has 11 N–H and O–H groups in total. The summed E-state index contributed by atoms with van der Waals surface area (Å²) in [6, 6.07) is -4.72. The summed E-state index contributed by atoms with van der Waals surface area (Å²) >= 11 is 3.94. The molecule has 3 amide bonds. The lowest BCUT2D eigenvalue weighted by molar-refractivity contribution is -0.143. The number of aliphatic hydroxyl groups excluding tert-OH is 1. The van der Waals surface area contributed by atoms with Gasteiger partial charge in [-0.3, -0.25) is 19.4 Å². The molecule has 0 bridgehead atoms. The third kappa shape index (κ3) is 10.6. The SMILES string of the molecule is CC(C)C(NC(=O)C(N)CS)C(=O)NC(C(=O)NC(CCCN=C(N)N)C(=O)O)C(C)O. The first-order valence-electron chi connectivity index (χ1n) is 10.1. The lowest BCUT2D eigenvalue weighted by Gasteiger charge is -2.28. The Labute approximate surface area is 192 Å². The van der Waals surface area contributed by atoms with Gasteiger partial charge in [-0.05, 0) is 25.7 Å². The second kappa shape index (κ2) is 14.5. The Balaban J connectivity index is 5.26. The number of amides is 3. The molecule has 0 spiro atoms. The molecule has 0 fully saturated rings. The fourth-order valence-electron chi connectivity index (χ4n) is 2.55. The van der Waals surface area contributed by atoms with Gasteiger partial charge in [0.25, 0.3) is 0 Å². The van der Waals surface area contributed by atoms with Crippen molar-refractivity contribution in [3.8, 4) is 0 Å². The Morgan fingerprint density at radius 3 is 1.94 bits per heavy atom. The Morgan fingerprint density at radius 2 is 1.50 bits per heavy atom. The van der Waals surface area contributed by atoms with E-state index in [2.05, 4.69) is 33.6 Å². The standard InChI is InChI=1S/C18H35N7O6S/c1-8(2)12(24-14(27)10(19)7-32)15(28)25-13(9(3)26)16(29)23-11(17(30)31)5-4-6-22-18(20)21/h8-13,26,32H,4-7,19H2,1-3H3,(H,23,29)(H,24,27)(H,25,28)(H,30,31)(H4,20,21,22). The van der Waals surface area contributed by atoms with E-state index in [0.717, 1.165) is 0 Å². The summed E-state index contributed by atoms with van der Waals surface area (Å²) in [5.74, 6) is -3.98. The number of nitrogens with zero attached hydrogens (tertiary/aromatic N) is 1. The number of nitrogens with one attached hydrogen (secondary N) is 3. The van der Waals surface area contributed by atoms with Gasteiger partial charge in [0.15, 0.2) is 5.96 Å². The highest BCUT2D eigenvalue weighted by Crippen LogP contribution is 2.06. The quantitative estimate of drug-likeness (QED) is 0.0531. The highest BCUT2D eigenvalue weighted by molar-refractivity contribution is 7.80. The van der Waals surface area contributed by atoms with Crippen molar-refractivity contribution in [3.05, 3.63) is 0 Å². The third-order valence-electron chi connectivity index (χ3n) is 4.40. The molecule has 13 nitrogen and oxygen atoms in total. The molecule has 0 aliphatic heterocycles. The molecule has 0 radical (unpaired) electrons. The number of hydrogen-bond donors (Lipinski definition) is 9. The van der Waals surface area contributed by atoms with E-state index < -0.39 is 54.0 Å². The number of nitrogens with two attached hydrogens (primary N) is 3. The molecule has 0 aliphatic rings. The van der Waals surface area contributed by atoms with Crippen molar-refractivity contribution in [1.29, 1.82) is 0 Å². The highest BCUT2D eigenvalue weighted by atomic mass is 32.1. The maximum absolute atomic E-state index is 12.7. The zero-order valence-corrected chi connectivity index (χ0v) is 19.3. The van der Waals surface area contributed by atoms with Crippen molar-refractivity contribution in [1.82, 2.24) is 16.0 Å². The molecular weight excluding hydrogens is 442 g/mol. The zero-order chi connectivity index (χ0) is 25.0. The number of hydrogen-bond acceptors (Lipinski definition) is 8. The summed E-state index contributed by atoms with van der Waals surface area (Å²) in [6.07, 6.45) is -1.06. The topological polar surface area (TPSA) is 235 Å². The van der Waals surface area contributed by atoms with Crippen LogP contribution in [0, 0.1) is 5.92 Å². The molecule has 0 aromatic rings. The van der Waals surface area contributed by atoms with E-state index in [4.69, 9.17) is 17.2 Å². The van der Waals surface area contributed by atoms with E-state index in [1.165, 1.54) is 6.92 Å². The fraction of sp³-hybridized carbons (Fsp3) is 0.722. The molecule has 32 heavy (non-hydrogen) atoms. The number of rotatable bonds is 14. The molecule has 0 saturated carbocycles. The number of carboxylic acids is 1. The molecule has 0 aliphatic carbocycles. The van der Waals surface area contributed by atoms with E-state index in [9.17, 15) is 29.4 Å². The maximum Gasteiger partial charge on any atom is 0.326 e. The predicted octanol–water partition coefficient (Wildman–Crippen LogP) is -3.13. The lowest BCUT2D eigenvalue weighted by atomic mass is 10.0. The second-order valence-corrected chi connectivity index (χ2v) is 7.96. The Bertz CT molecular complexity index is 685. The first-order valence-corrected chi connectivity index (χ1v) is 10.7. The number of carbonyl (C=O) groups excluding carboxylic acids is 3. The molecule has 0 heterocycles. The summed E-state index contributed by atoms with van der Waals surface area (Å²) in [4.78, 5) is 52.6. The summed E-state index contributed by atoms with van der Waals surface area (Å²) in [5.41, 5.74) is 16.0. The smallest absolute Gasteiger partial charge is 0.326 e. The van der Waals surface area contributed by atoms with Crippen LogP contribution in [0.2, 0.25) is 0 Å². The Hall–Kier alpha value is -2.58. The van der Waals surface area contributed by atoms with Crippen LogP contribution in [0.15, 0.2) is 4.99 Å². The molecule has 14 heteroatoms. The minimum absolute atomic E-state index is 0.0185. The molecule has 5 atom stereocenters. The van der Waals surface area contributed by atoms with Crippen LogP contribution in [0.5, 0.6) is 0 Å². The maximum atomic E-state index is 12.7. The lowest BCUT2D eigenvalue weighted by Crippen LogP contribution is -2.60. The predicted molar refractivity (Wildman–Crippen MR) is 122 cm³/mol. The van der Waals surface area contributed by atoms with Crippen LogP contribution >= 0.6 is 12.6 Å². The van der Waals surface area contributed by atoms with Crippen LogP contribution in [0.4, 0.5) is 0 Å². The van der Waals surface area contributed by atoms with Gasteiger partial charge in [0.05, 0.1) is 12.1 Å². The second-order valence-electron chi connectivity index (χ2n) is 7.59. The number of carbonyl (C=O) groups is 4. The van der Waals surface area contributed by atoms with Crippen molar-refractivity contribution in [3.63, 3.8) is 0 Å². The molecule has 0 saturated heterocycles. The average Bonchev–Trinajstić information content (AvgIpc) is 2.70. The van der Waals surface area contributed by atoms with Crippen molar-refractivity contribution < 1.29 is 29.4 Å². The van der Waals surface area contributed by atoms with E-state index in [-0.39, 0.29) is 37.0 Å². The van der Waals surface area contributed by atoms with E-state index in [1.807, 2.05) is 0 Å². The zero-order valence-electron chi connectivity index (χ0n) is 18.4. The van der Waals surface area contributed by atoms with Gasteiger partial charge in [-0.15, -0.1) is 0 Å². The van der Waals surface area contributed by atoms with Crippen LogP contribution in [0.1, 0.15) is 33.6 Å². The molecule has 0 aromatic heterocycles. The van der Waals surface area contributed by atoms with E-state index in [1.54, 1.807) is 13.8 Å². The van der Waals surface area contributed by atoms with Crippen LogP contribution < -0.4 is 33.2 Å². The van der Waals surface area contributed by atoms with Gasteiger partial charge in [0.2, 0.25) is 17.7 Å². The monoisotopic (exact) mass is 477 g/mol. The normalized spacial score (nSPS) is 15.6. The molecular formula is C18H35N7O6S. The van der Waals surface area contributed by atoms with Gasteiger partial charge >= 0.3 is 5.97 Å². The van der Waals surface area contributed by atoms with Gasteiger partial charge in [-0.2, -0.15) is 12.6 Å². The number of aliphatic carboxylic acids is 1. The van der Waals surface area contributed by atoms with E-state index >= 15 is 0 Å². The summed E-state index contributed by atoms with van der Waals surface area (Å²) in [6.45, 7) is 4.78. The minimum Gasteiger partial charge on any atom is -0.480 e. The number of aliphatic hydroxyl groups is 1. The number of guanidine groups is 1. The van der Waals surface area contributed by atoms with Crippen molar-refractivity contribution >= 4 is 42.3 Å². The molecule has 0 rings (SSSR count). The molecule has 5 unspecified atom stereocenters.